The number of amides is 1. The Morgan fingerprint density at radius 3 is 2.69 bits per heavy atom. The van der Waals surface area contributed by atoms with Gasteiger partial charge in [-0.3, -0.25) is 14.9 Å². The molecule has 0 bridgehead atoms. The quantitative estimate of drug-likeness (QED) is 0.280. The third-order valence-electron chi connectivity index (χ3n) is 6.28. The molecule has 0 unspecified atom stereocenters. The van der Waals surface area contributed by atoms with Crippen LogP contribution in [0.1, 0.15) is 30.1 Å². The highest BCUT2D eigenvalue weighted by Crippen LogP contribution is 2.33. The number of hydrogen-bond acceptors (Lipinski definition) is 6. The van der Waals surface area contributed by atoms with Crippen molar-refractivity contribution in [1.82, 2.24) is 4.98 Å². The highest BCUT2D eigenvalue weighted by molar-refractivity contribution is 6.05. The second-order valence-electron chi connectivity index (χ2n) is 8.80. The molecule has 1 saturated heterocycles. The van der Waals surface area contributed by atoms with Crippen LogP contribution in [-0.4, -0.2) is 28.9 Å². The fraction of sp³-hybridized carbons (Fsp3) is 0.231. The number of rotatable bonds is 5. The van der Waals surface area contributed by atoms with Crippen molar-refractivity contribution in [3.63, 3.8) is 0 Å². The fourth-order valence-corrected chi connectivity index (χ4v) is 4.28. The summed E-state index contributed by atoms with van der Waals surface area (Å²) in [4.78, 5) is 30.6. The Labute approximate surface area is 200 Å². The number of anilines is 2. The van der Waals surface area contributed by atoms with E-state index in [2.05, 4.69) is 17.2 Å². The van der Waals surface area contributed by atoms with Crippen LogP contribution in [0.2, 0.25) is 0 Å². The third-order valence-corrected chi connectivity index (χ3v) is 6.28. The molecule has 1 aliphatic rings. The number of nitro benzene ring substituents is 1. The van der Waals surface area contributed by atoms with Gasteiger partial charge in [-0.1, -0.05) is 13.0 Å². The van der Waals surface area contributed by atoms with Gasteiger partial charge in [0.2, 0.25) is 5.89 Å². The van der Waals surface area contributed by atoms with Gasteiger partial charge in [0, 0.05) is 36.0 Å². The minimum absolute atomic E-state index is 0.0844. The van der Waals surface area contributed by atoms with E-state index in [1.807, 2.05) is 4.90 Å². The molecule has 3 aromatic carbocycles. The van der Waals surface area contributed by atoms with E-state index in [0.717, 1.165) is 25.9 Å². The number of benzene rings is 3. The van der Waals surface area contributed by atoms with Gasteiger partial charge in [-0.2, -0.15) is 0 Å². The summed E-state index contributed by atoms with van der Waals surface area (Å²) in [5.41, 5.74) is 2.57. The first-order chi connectivity index (χ1) is 16.9. The van der Waals surface area contributed by atoms with E-state index in [0.29, 0.717) is 34.0 Å². The maximum absolute atomic E-state index is 13.5. The van der Waals surface area contributed by atoms with E-state index in [1.54, 1.807) is 42.5 Å². The minimum Gasteiger partial charge on any atom is -0.436 e. The molecule has 2 heterocycles. The van der Waals surface area contributed by atoms with E-state index in [-0.39, 0.29) is 17.1 Å². The van der Waals surface area contributed by atoms with Crippen LogP contribution in [-0.2, 0) is 0 Å². The number of carbonyl (C=O) groups excluding carboxylic acids is 1. The number of fused-ring (bicyclic) bond motifs is 1. The maximum atomic E-state index is 13.5. The number of nitro groups is 1. The molecular formula is C26H23FN4O4. The lowest BCUT2D eigenvalue weighted by molar-refractivity contribution is -0.384. The molecular weight excluding hydrogens is 451 g/mol. The van der Waals surface area contributed by atoms with Gasteiger partial charge < -0.3 is 14.6 Å². The monoisotopic (exact) mass is 474 g/mol. The molecule has 1 aliphatic heterocycles. The molecule has 0 aliphatic carbocycles. The number of nitrogens with zero attached hydrogens (tertiary/aromatic N) is 3. The fourth-order valence-electron chi connectivity index (χ4n) is 4.28. The van der Waals surface area contributed by atoms with Crippen molar-refractivity contribution in [1.29, 1.82) is 0 Å². The van der Waals surface area contributed by atoms with Gasteiger partial charge in [-0.25, -0.2) is 9.37 Å². The molecule has 178 valence electrons. The highest BCUT2D eigenvalue weighted by atomic mass is 19.1. The third kappa shape index (κ3) is 4.70. The molecule has 1 fully saturated rings. The van der Waals surface area contributed by atoms with Gasteiger partial charge in [-0.15, -0.1) is 0 Å². The van der Waals surface area contributed by atoms with E-state index in [1.165, 1.54) is 18.2 Å². The van der Waals surface area contributed by atoms with Crippen molar-refractivity contribution in [2.45, 2.75) is 19.8 Å². The summed E-state index contributed by atoms with van der Waals surface area (Å²) < 4.78 is 19.2. The number of carbonyl (C=O) groups is 1. The SMILES string of the molecule is CC1CCN(c2ccc(C(=O)Nc3ccc4oc(-c5cccc(F)c5)nc4c3)cc2[N+](=O)[O-])CC1. The Morgan fingerprint density at radius 1 is 1.14 bits per heavy atom. The topological polar surface area (TPSA) is 102 Å². The zero-order valence-corrected chi connectivity index (χ0v) is 19.0. The van der Waals surface area contributed by atoms with E-state index < -0.39 is 16.6 Å². The molecule has 1 amide bonds. The van der Waals surface area contributed by atoms with Crippen LogP contribution in [0.3, 0.4) is 0 Å². The molecule has 9 heteroatoms. The largest absolute Gasteiger partial charge is 0.436 e. The summed E-state index contributed by atoms with van der Waals surface area (Å²) in [6, 6.07) is 15.4. The van der Waals surface area contributed by atoms with Crippen LogP contribution in [0, 0.1) is 21.8 Å². The van der Waals surface area contributed by atoms with E-state index in [9.17, 15) is 19.3 Å². The van der Waals surface area contributed by atoms with Crippen molar-refractivity contribution in [3.05, 3.63) is 82.2 Å². The predicted molar refractivity (Wildman–Crippen MR) is 131 cm³/mol. The normalized spacial score (nSPS) is 14.3. The molecule has 0 radical (unpaired) electrons. The number of aromatic nitrogens is 1. The molecule has 0 atom stereocenters. The first kappa shape index (κ1) is 22.5. The summed E-state index contributed by atoms with van der Waals surface area (Å²) in [6.07, 6.45) is 1.95. The molecule has 5 rings (SSSR count). The zero-order chi connectivity index (χ0) is 24.5. The predicted octanol–water partition coefficient (Wildman–Crippen LogP) is 6.03. The summed E-state index contributed by atoms with van der Waals surface area (Å²) in [7, 11) is 0. The summed E-state index contributed by atoms with van der Waals surface area (Å²) in [5.74, 6) is -0.00331. The first-order valence-electron chi connectivity index (χ1n) is 11.4. The van der Waals surface area contributed by atoms with Crippen molar-refractivity contribution < 1.29 is 18.5 Å². The maximum Gasteiger partial charge on any atom is 0.293 e. The second-order valence-corrected chi connectivity index (χ2v) is 8.80. The number of oxazole rings is 1. The number of piperidine rings is 1. The zero-order valence-electron chi connectivity index (χ0n) is 19.0. The average Bonchev–Trinajstić information content (AvgIpc) is 3.28. The molecule has 1 N–H and O–H groups in total. The summed E-state index contributed by atoms with van der Waals surface area (Å²) in [6.45, 7) is 3.68. The molecule has 4 aromatic rings. The van der Waals surface area contributed by atoms with E-state index >= 15 is 0 Å². The van der Waals surface area contributed by atoms with Crippen LogP contribution < -0.4 is 10.2 Å². The lowest BCUT2D eigenvalue weighted by atomic mass is 9.98. The minimum atomic E-state index is -0.472. The number of halogens is 1. The van der Waals surface area contributed by atoms with Gasteiger partial charge in [0.1, 0.15) is 17.0 Å². The van der Waals surface area contributed by atoms with Crippen molar-refractivity contribution in [2.75, 3.05) is 23.3 Å². The van der Waals surface area contributed by atoms with Crippen molar-refractivity contribution in [2.24, 2.45) is 5.92 Å². The van der Waals surface area contributed by atoms with Gasteiger partial charge >= 0.3 is 0 Å². The van der Waals surface area contributed by atoms with Gasteiger partial charge in [-0.05, 0) is 67.3 Å². The van der Waals surface area contributed by atoms with Crippen LogP contribution in [0.4, 0.5) is 21.5 Å². The number of nitrogens with one attached hydrogen (secondary N) is 1. The Kier molecular flexibility index (Phi) is 5.90. The Morgan fingerprint density at radius 2 is 1.94 bits per heavy atom. The summed E-state index contributed by atoms with van der Waals surface area (Å²) >= 11 is 0. The van der Waals surface area contributed by atoms with Gasteiger partial charge in [0.05, 0.1) is 4.92 Å². The number of hydrogen-bond donors (Lipinski definition) is 1. The van der Waals surface area contributed by atoms with Crippen LogP contribution in [0.5, 0.6) is 0 Å². The van der Waals surface area contributed by atoms with Crippen LogP contribution in [0.25, 0.3) is 22.6 Å². The van der Waals surface area contributed by atoms with Crippen molar-refractivity contribution in [3.8, 4) is 11.5 Å². The first-order valence-corrected chi connectivity index (χ1v) is 11.4. The lowest BCUT2D eigenvalue weighted by Gasteiger charge is -2.31. The Hall–Kier alpha value is -4.27. The molecule has 0 spiro atoms. The van der Waals surface area contributed by atoms with Gasteiger partial charge in [0.15, 0.2) is 5.58 Å². The van der Waals surface area contributed by atoms with Gasteiger partial charge in [0.25, 0.3) is 11.6 Å². The lowest BCUT2D eigenvalue weighted by Crippen LogP contribution is -2.33. The average molecular weight is 474 g/mol. The Balaban J connectivity index is 1.37. The van der Waals surface area contributed by atoms with E-state index in [4.69, 9.17) is 4.42 Å². The molecule has 1 aromatic heterocycles. The molecule has 8 nitrogen and oxygen atoms in total. The second kappa shape index (κ2) is 9.17. The molecule has 0 saturated carbocycles. The Bertz CT molecular complexity index is 1430. The standard InChI is InChI=1S/C26H23FN4O4/c1-16-9-11-30(12-10-16)22-7-5-17(14-23(22)31(33)34)25(32)28-20-6-8-24-21(15-20)29-26(35-24)18-3-2-4-19(27)13-18/h2-8,13-16H,9-12H2,1H3,(H,28,32). The van der Waals surface area contributed by atoms with Crippen LogP contribution >= 0.6 is 0 Å². The highest BCUT2D eigenvalue weighted by Gasteiger charge is 2.25. The molecule has 35 heavy (non-hydrogen) atoms. The summed E-state index contributed by atoms with van der Waals surface area (Å²) in [5, 5.41) is 14.5. The smallest absolute Gasteiger partial charge is 0.293 e. The van der Waals surface area contributed by atoms with Crippen molar-refractivity contribution >= 4 is 34.1 Å². The van der Waals surface area contributed by atoms with Crippen LogP contribution in [0.15, 0.2) is 65.1 Å².